The number of fused-ring (bicyclic) bond motifs is 1. The van der Waals surface area contributed by atoms with Gasteiger partial charge in [0.05, 0.1) is 0 Å². The highest BCUT2D eigenvalue weighted by molar-refractivity contribution is 5.96. The first-order valence-corrected chi connectivity index (χ1v) is 7.48. The summed E-state index contributed by atoms with van der Waals surface area (Å²) in [6.07, 6.45) is 2.35. The Morgan fingerprint density at radius 1 is 1.09 bits per heavy atom. The van der Waals surface area contributed by atoms with E-state index in [9.17, 15) is 9.59 Å². The molecule has 0 aliphatic carbocycles. The molecular weight excluding hydrogens is 282 g/mol. The van der Waals surface area contributed by atoms with Crippen molar-refractivity contribution in [2.75, 3.05) is 6.54 Å². The predicted molar refractivity (Wildman–Crippen MR) is 84.1 cm³/mol. The van der Waals surface area contributed by atoms with Gasteiger partial charge in [0.2, 0.25) is 0 Å². The summed E-state index contributed by atoms with van der Waals surface area (Å²) in [5.41, 5.74) is 3.01. The maximum Gasteiger partial charge on any atom is 0.303 e. The van der Waals surface area contributed by atoms with Crippen LogP contribution in [-0.2, 0) is 4.79 Å². The summed E-state index contributed by atoms with van der Waals surface area (Å²) in [5.74, 6) is -0.702. The lowest BCUT2D eigenvalue weighted by atomic mass is 10.1. The van der Waals surface area contributed by atoms with Gasteiger partial charge in [0.1, 0.15) is 5.58 Å². The van der Waals surface area contributed by atoms with Crippen LogP contribution in [0, 0.1) is 13.8 Å². The summed E-state index contributed by atoms with van der Waals surface area (Å²) < 4.78 is 5.59. The molecular formula is C17H21NO4. The zero-order chi connectivity index (χ0) is 16.1. The molecule has 0 atom stereocenters. The second-order valence-electron chi connectivity index (χ2n) is 5.55. The number of amides is 1. The Hall–Kier alpha value is -2.30. The average molecular weight is 303 g/mol. The summed E-state index contributed by atoms with van der Waals surface area (Å²) in [5, 5.41) is 12.3. The van der Waals surface area contributed by atoms with Gasteiger partial charge in [-0.25, -0.2) is 0 Å². The SMILES string of the molecule is Cc1cc2cc(C(=O)NCCCCCC(=O)O)oc2cc1C. The van der Waals surface area contributed by atoms with Gasteiger partial charge in [-0.1, -0.05) is 6.42 Å². The summed E-state index contributed by atoms with van der Waals surface area (Å²) in [7, 11) is 0. The minimum Gasteiger partial charge on any atom is -0.481 e. The first-order chi connectivity index (χ1) is 10.5. The van der Waals surface area contributed by atoms with Crippen molar-refractivity contribution in [3.63, 3.8) is 0 Å². The molecule has 0 fully saturated rings. The third-order valence-electron chi connectivity index (χ3n) is 3.71. The van der Waals surface area contributed by atoms with Crippen LogP contribution in [0.3, 0.4) is 0 Å². The van der Waals surface area contributed by atoms with Crippen LogP contribution in [-0.4, -0.2) is 23.5 Å². The van der Waals surface area contributed by atoms with Gasteiger partial charge in [0.25, 0.3) is 5.91 Å². The topological polar surface area (TPSA) is 79.5 Å². The van der Waals surface area contributed by atoms with Gasteiger partial charge in [0.15, 0.2) is 5.76 Å². The fourth-order valence-electron chi connectivity index (χ4n) is 2.28. The number of carboxylic acids is 1. The minimum absolute atomic E-state index is 0.177. The van der Waals surface area contributed by atoms with E-state index in [1.807, 2.05) is 26.0 Å². The van der Waals surface area contributed by atoms with E-state index >= 15 is 0 Å². The molecule has 1 amide bonds. The third-order valence-corrected chi connectivity index (χ3v) is 3.71. The Labute approximate surface area is 129 Å². The summed E-state index contributed by atoms with van der Waals surface area (Å²) in [6.45, 7) is 4.56. The molecule has 0 aliphatic rings. The quantitative estimate of drug-likeness (QED) is 0.768. The molecule has 1 aromatic carbocycles. The van der Waals surface area contributed by atoms with Crippen LogP contribution < -0.4 is 5.32 Å². The van der Waals surface area contributed by atoms with Crippen molar-refractivity contribution in [2.45, 2.75) is 39.5 Å². The van der Waals surface area contributed by atoms with Crippen molar-refractivity contribution in [1.29, 1.82) is 0 Å². The molecule has 1 heterocycles. The van der Waals surface area contributed by atoms with E-state index in [0.29, 0.717) is 18.7 Å². The van der Waals surface area contributed by atoms with Crippen molar-refractivity contribution in [1.82, 2.24) is 5.32 Å². The molecule has 118 valence electrons. The molecule has 0 aliphatic heterocycles. The number of hydrogen-bond acceptors (Lipinski definition) is 3. The van der Waals surface area contributed by atoms with E-state index < -0.39 is 5.97 Å². The molecule has 0 bridgehead atoms. The number of unbranched alkanes of at least 4 members (excludes halogenated alkanes) is 2. The van der Waals surface area contributed by atoms with Crippen LogP contribution in [0.1, 0.15) is 47.4 Å². The van der Waals surface area contributed by atoms with Crippen LogP contribution in [0.15, 0.2) is 22.6 Å². The minimum atomic E-state index is -0.781. The number of aryl methyl sites for hydroxylation is 2. The molecule has 0 saturated heterocycles. The van der Waals surface area contributed by atoms with Crippen LogP contribution in [0.5, 0.6) is 0 Å². The van der Waals surface area contributed by atoms with Gasteiger partial charge in [-0.15, -0.1) is 0 Å². The number of furan rings is 1. The second kappa shape index (κ2) is 7.11. The molecule has 0 spiro atoms. The monoisotopic (exact) mass is 303 g/mol. The van der Waals surface area contributed by atoms with Crippen molar-refractivity contribution < 1.29 is 19.1 Å². The van der Waals surface area contributed by atoms with Crippen molar-refractivity contribution in [2.24, 2.45) is 0 Å². The molecule has 0 radical (unpaired) electrons. The number of benzene rings is 1. The Kier molecular flexibility index (Phi) is 5.20. The Bertz CT molecular complexity index is 648. The zero-order valence-corrected chi connectivity index (χ0v) is 12.9. The van der Waals surface area contributed by atoms with Gasteiger partial charge in [-0.3, -0.25) is 9.59 Å². The van der Waals surface area contributed by atoms with Crippen molar-refractivity contribution in [3.8, 4) is 0 Å². The number of carboxylic acid groups (broad SMARTS) is 1. The van der Waals surface area contributed by atoms with E-state index in [2.05, 4.69) is 5.32 Å². The molecule has 5 heteroatoms. The lowest BCUT2D eigenvalue weighted by molar-refractivity contribution is -0.137. The van der Waals surface area contributed by atoms with E-state index in [1.54, 1.807) is 6.07 Å². The average Bonchev–Trinajstić information content (AvgIpc) is 2.85. The van der Waals surface area contributed by atoms with Gasteiger partial charge >= 0.3 is 5.97 Å². The van der Waals surface area contributed by atoms with Gasteiger partial charge in [-0.05, 0) is 56.0 Å². The Balaban J connectivity index is 1.86. The molecule has 1 aromatic heterocycles. The largest absolute Gasteiger partial charge is 0.481 e. The molecule has 0 saturated carbocycles. The highest BCUT2D eigenvalue weighted by Gasteiger charge is 2.12. The smallest absolute Gasteiger partial charge is 0.303 e. The molecule has 2 aromatic rings. The zero-order valence-electron chi connectivity index (χ0n) is 12.9. The number of aliphatic carboxylic acids is 1. The van der Waals surface area contributed by atoms with E-state index in [1.165, 1.54) is 5.56 Å². The van der Waals surface area contributed by atoms with E-state index in [-0.39, 0.29) is 12.3 Å². The maximum absolute atomic E-state index is 12.0. The van der Waals surface area contributed by atoms with Crippen molar-refractivity contribution in [3.05, 3.63) is 35.1 Å². The predicted octanol–water partition coefficient (Wildman–Crippen LogP) is 3.42. The first kappa shape index (κ1) is 16.1. The van der Waals surface area contributed by atoms with Gasteiger partial charge < -0.3 is 14.8 Å². The standard InChI is InChI=1S/C17H21NO4/c1-11-8-13-10-15(22-14(13)9-12(11)2)17(21)18-7-5-3-4-6-16(19)20/h8-10H,3-7H2,1-2H3,(H,18,21)(H,19,20). The summed E-state index contributed by atoms with van der Waals surface area (Å²) in [6, 6.07) is 5.70. The molecule has 22 heavy (non-hydrogen) atoms. The fourth-order valence-corrected chi connectivity index (χ4v) is 2.28. The summed E-state index contributed by atoms with van der Waals surface area (Å²) in [4.78, 5) is 22.4. The van der Waals surface area contributed by atoms with Crippen LogP contribution in [0.4, 0.5) is 0 Å². The van der Waals surface area contributed by atoms with E-state index in [4.69, 9.17) is 9.52 Å². The Morgan fingerprint density at radius 2 is 1.82 bits per heavy atom. The molecule has 5 nitrogen and oxygen atoms in total. The maximum atomic E-state index is 12.0. The number of rotatable bonds is 7. The molecule has 0 unspecified atom stereocenters. The van der Waals surface area contributed by atoms with Crippen LogP contribution >= 0.6 is 0 Å². The lowest BCUT2D eigenvalue weighted by Gasteiger charge is -2.02. The highest BCUT2D eigenvalue weighted by Crippen LogP contribution is 2.23. The first-order valence-electron chi connectivity index (χ1n) is 7.48. The van der Waals surface area contributed by atoms with Crippen molar-refractivity contribution >= 4 is 22.8 Å². The molecule has 2 rings (SSSR count). The second-order valence-corrected chi connectivity index (χ2v) is 5.55. The normalized spacial score (nSPS) is 10.8. The van der Waals surface area contributed by atoms with Crippen LogP contribution in [0.25, 0.3) is 11.0 Å². The van der Waals surface area contributed by atoms with E-state index in [0.717, 1.165) is 29.4 Å². The number of carbonyl (C=O) groups is 2. The van der Waals surface area contributed by atoms with Gasteiger partial charge in [0, 0.05) is 18.4 Å². The summed E-state index contributed by atoms with van der Waals surface area (Å²) >= 11 is 0. The van der Waals surface area contributed by atoms with Crippen LogP contribution in [0.2, 0.25) is 0 Å². The number of hydrogen-bond donors (Lipinski definition) is 2. The third kappa shape index (κ3) is 4.10. The lowest BCUT2D eigenvalue weighted by Crippen LogP contribution is -2.23. The highest BCUT2D eigenvalue weighted by atomic mass is 16.4. The fraction of sp³-hybridized carbons (Fsp3) is 0.412. The number of nitrogens with one attached hydrogen (secondary N) is 1. The molecule has 2 N–H and O–H groups in total. The Morgan fingerprint density at radius 3 is 2.55 bits per heavy atom. The number of carbonyl (C=O) groups excluding carboxylic acids is 1. The van der Waals surface area contributed by atoms with Gasteiger partial charge in [-0.2, -0.15) is 0 Å².